The summed E-state index contributed by atoms with van der Waals surface area (Å²) in [5, 5.41) is 9.99. The van der Waals surface area contributed by atoms with Crippen LogP contribution in [0.2, 0.25) is 5.02 Å². The van der Waals surface area contributed by atoms with Gasteiger partial charge in [0.15, 0.2) is 15.6 Å². The van der Waals surface area contributed by atoms with Crippen LogP contribution in [0.3, 0.4) is 0 Å². The zero-order chi connectivity index (χ0) is 14.8. The summed E-state index contributed by atoms with van der Waals surface area (Å²) in [4.78, 5) is -0.253. The van der Waals surface area contributed by atoms with Gasteiger partial charge in [-0.3, -0.25) is 0 Å². The maximum atomic E-state index is 12.8. The van der Waals surface area contributed by atoms with E-state index in [2.05, 4.69) is 0 Å². The second kappa shape index (κ2) is 4.02. The molecule has 7 heteroatoms. The molecule has 2 fully saturated rings. The molecule has 0 atom stereocenters. The van der Waals surface area contributed by atoms with Crippen LogP contribution in [0, 0.1) is 5.41 Å². The van der Waals surface area contributed by atoms with Crippen LogP contribution in [0.15, 0.2) is 17.0 Å². The minimum absolute atomic E-state index is 0.00346. The molecule has 1 aliphatic carbocycles. The predicted molar refractivity (Wildman–Crippen MR) is 75.6 cm³/mol. The van der Waals surface area contributed by atoms with Crippen LogP contribution in [-0.4, -0.2) is 31.5 Å². The minimum atomic E-state index is -3.75. The smallest absolute Gasteiger partial charge is 0.189 e. The number of benzene rings is 1. The number of phenols is 1. The minimum Gasteiger partial charge on any atom is -0.504 e. The van der Waals surface area contributed by atoms with E-state index < -0.39 is 20.3 Å². The molecule has 0 unspecified atom stereocenters. The van der Waals surface area contributed by atoms with Crippen molar-refractivity contribution in [3.05, 3.63) is 17.2 Å². The first kappa shape index (κ1) is 14.0. The lowest BCUT2D eigenvalue weighted by molar-refractivity contribution is -0.168. The van der Waals surface area contributed by atoms with Crippen LogP contribution in [0.25, 0.3) is 0 Å². The standard InChI is InChI=1S/C13H16ClNO4S/c1-12(4-13(5-12)6-19-7-13)20(17,18)11-8(14)2-3-9(15)10(11)16/h2-3,16H,4-7,15H2,1H3. The summed E-state index contributed by atoms with van der Waals surface area (Å²) in [5.74, 6) is -0.454. The van der Waals surface area contributed by atoms with Crippen molar-refractivity contribution in [2.24, 2.45) is 5.41 Å². The highest BCUT2D eigenvalue weighted by atomic mass is 35.5. The Bertz CT molecular complexity index is 674. The van der Waals surface area contributed by atoms with Crippen molar-refractivity contribution >= 4 is 27.1 Å². The number of hydrogen-bond acceptors (Lipinski definition) is 5. The fraction of sp³-hybridized carbons (Fsp3) is 0.538. The molecule has 1 saturated heterocycles. The van der Waals surface area contributed by atoms with E-state index in [0.29, 0.717) is 26.1 Å². The average molecular weight is 318 g/mol. The van der Waals surface area contributed by atoms with Crippen molar-refractivity contribution < 1.29 is 18.3 Å². The van der Waals surface area contributed by atoms with Gasteiger partial charge in [-0.05, 0) is 31.9 Å². The maximum absolute atomic E-state index is 12.8. The van der Waals surface area contributed by atoms with Crippen LogP contribution in [0.1, 0.15) is 19.8 Å². The molecule has 1 saturated carbocycles. The summed E-state index contributed by atoms with van der Waals surface area (Å²) >= 11 is 5.97. The largest absolute Gasteiger partial charge is 0.504 e. The fourth-order valence-electron chi connectivity index (χ4n) is 3.38. The summed E-state index contributed by atoms with van der Waals surface area (Å²) in [5.41, 5.74) is 5.59. The van der Waals surface area contributed by atoms with E-state index in [-0.39, 0.29) is 21.0 Å². The topological polar surface area (TPSA) is 89.6 Å². The molecule has 0 amide bonds. The number of aromatic hydroxyl groups is 1. The molecule has 3 rings (SSSR count). The summed E-state index contributed by atoms with van der Waals surface area (Å²) in [6.45, 7) is 2.90. The lowest BCUT2D eigenvalue weighted by Crippen LogP contribution is -2.62. The van der Waals surface area contributed by atoms with E-state index in [1.807, 2.05) is 0 Å². The Kier molecular flexibility index (Phi) is 2.81. The Labute approximate surface area is 122 Å². The first-order valence-electron chi connectivity index (χ1n) is 6.30. The second-order valence-corrected chi connectivity index (χ2v) is 8.92. The number of ether oxygens (including phenoxy) is 1. The quantitative estimate of drug-likeness (QED) is 0.643. The molecule has 1 heterocycles. The highest BCUT2D eigenvalue weighted by molar-refractivity contribution is 7.93. The van der Waals surface area contributed by atoms with Crippen molar-refractivity contribution in [3.63, 3.8) is 0 Å². The summed E-state index contributed by atoms with van der Waals surface area (Å²) in [7, 11) is -3.75. The third-order valence-corrected chi connectivity index (χ3v) is 7.31. The second-order valence-electron chi connectivity index (χ2n) is 6.11. The van der Waals surface area contributed by atoms with E-state index in [1.54, 1.807) is 6.92 Å². The van der Waals surface area contributed by atoms with Crippen molar-refractivity contribution in [1.82, 2.24) is 0 Å². The van der Waals surface area contributed by atoms with Gasteiger partial charge in [0, 0.05) is 5.41 Å². The van der Waals surface area contributed by atoms with Gasteiger partial charge < -0.3 is 15.6 Å². The van der Waals surface area contributed by atoms with Gasteiger partial charge in [-0.15, -0.1) is 0 Å². The fourth-order valence-corrected chi connectivity index (χ4v) is 6.02. The van der Waals surface area contributed by atoms with Crippen LogP contribution >= 0.6 is 11.6 Å². The van der Waals surface area contributed by atoms with Crippen LogP contribution < -0.4 is 5.73 Å². The van der Waals surface area contributed by atoms with E-state index >= 15 is 0 Å². The summed E-state index contributed by atoms with van der Waals surface area (Å²) in [6, 6.07) is 2.79. The molecule has 1 aromatic carbocycles. The lowest BCUT2D eigenvalue weighted by atomic mass is 9.61. The normalized spacial score (nSPS) is 23.1. The van der Waals surface area contributed by atoms with E-state index in [0.717, 1.165) is 0 Å². The molecule has 0 aromatic heterocycles. The number of anilines is 1. The zero-order valence-corrected chi connectivity index (χ0v) is 12.6. The Hall–Kier alpha value is -0.980. The summed E-state index contributed by atoms with van der Waals surface area (Å²) < 4.78 is 29.9. The molecule has 0 bridgehead atoms. The molecule has 2 aliphatic rings. The first-order valence-corrected chi connectivity index (χ1v) is 8.16. The number of phenolic OH excluding ortho intramolecular Hbond substituents is 1. The SMILES string of the molecule is CC1(S(=O)(=O)c2c(Cl)ccc(N)c2O)CC2(COC2)C1. The Morgan fingerprint density at radius 3 is 2.45 bits per heavy atom. The molecule has 1 spiro atoms. The highest BCUT2D eigenvalue weighted by Gasteiger charge is 2.62. The Balaban J connectivity index is 2.03. The molecule has 1 aliphatic heterocycles. The molecule has 110 valence electrons. The van der Waals surface area contributed by atoms with Gasteiger partial charge in [-0.25, -0.2) is 8.42 Å². The third-order valence-electron chi connectivity index (χ3n) is 4.35. The monoisotopic (exact) mass is 317 g/mol. The molecule has 1 aromatic rings. The molecule has 5 nitrogen and oxygen atoms in total. The van der Waals surface area contributed by atoms with Crippen molar-refractivity contribution in [3.8, 4) is 5.75 Å². The lowest BCUT2D eigenvalue weighted by Gasteiger charge is -2.58. The number of rotatable bonds is 2. The predicted octanol–water partition coefficient (Wildman–Crippen LogP) is 1.97. The Morgan fingerprint density at radius 2 is 1.95 bits per heavy atom. The van der Waals surface area contributed by atoms with Gasteiger partial charge in [0.25, 0.3) is 0 Å². The van der Waals surface area contributed by atoms with Gasteiger partial charge in [-0.2, -0.15) is 0 Å². The first-order chi connectivity index (χ1) is 9.21. The number of sulfone groups is 1. The number of nitrogen functional groups attached to an aromatic ring is 1. The maximum Gasteiger partial charge on any atom is 0.189 e. The van der Waals surface area contributed by atoms with Gasteiger partial charge >= 0.3 is 0 Å². The number of halogens is 1. The van der Waals surface area contributed by atoms with Crippen molar-refractivity contribution in [1.29, 1.82) is 0 Å². The van der Waals surface area contributed by atoms with Crippen LogP contribution in [-0.2, 0) is 14.6 Å². The number of hydrogen-bond donors (Lipinski definition) is 2. The molecular weight excluding hydrogens is 302 g/mol. The Morgan fingerprint density at radius 1 is 1.35 bits per heavy atom. The third kappa shape index (κ3) is 1.68. The average Bonchev–Trinajstić information content (AvgIpc) is 2.27. The summed E-state index contributed by atoms with van der Waals surface area (Å²) in [6.07, 6.45) is 1.04. The van der Waals surface area contributed by atoms with Gasteiger partial charge in [0.05, 0.1) is 28.7 Å². The van der Waals surface area contributed by atoms with Gasteiger partial charge in [0.1, 0.15) is 4.90 Å². The van der Waals surface area contributed by atoms with E-state index in [9.17, 15) is 13.5 Å². The van der Waals surface area contributed by atoms with E-state index in [1.165, 1.54) is 12.1 Å². The molecule has 20 heavy (non-hydrogen) atoms. The molecule has 0 radical (unpaired) electrons. The van der Waals surface area contributed by atoms with Gasteiger partial charge in [-0.1, -0.05) is 11.6 Å². The van der Waals surface area contributed by atoms with Crippen molar-refractivity contribution in [2.75, 3.05) is 18.9 Å². The molecular formula is C13H16ClNO4S. The van der Waals surface area contributed by atoms with Crippen molar-refractivity contribution in [2.45, 2.75) is 29.4 Å². The highest BCUT2D eigenvalue weighted by Crippen LogP contribution is 2.59. The van der Waals surface area contributed by atoms with Gasteiger partial charge in [0.2, 0.25) is 0 Å². The van der Waals surface area contributed by atoms with Crippen LogP contribution in [0.5, 0.6) is 5.75 Å². The number of nitrogens with two attached hydrogens (primary N) is 1. The van der Waals surface area contributed by atoms with E-state index in [4.69, 9.17) is 22.1 Å². The van der Waals surface area contributed by atoms with Crippen LogP contribution in [0.4, 0.5) is 5.69 Å². The zero-order valence-electron chi connectivity index (χ0n) is 11.0. The molecule has 3 N–H and O–H groups in total.